The maximum Gasteiger partial charge on any atom is 0.0570 e. The molecule has 3 rings (SSSR count). The van der Waals surface area contributed by atoms with Crippen LogP contribution in [0.1, 0.15) is 25.7 Å². The van der Waals surface area contributed by atoms with Crippen LogP contribution in [0.4, 0.5) is 0 Å². The van der Waals surface area contributed by atoms with Gasteiger partial charge in [0.15, 0.2) is 0 Å². The van der Waals surface area contributed by atoms with Gasteiger partial charge in [0.2, 0.25) is 0 Å². The van der Waals surface area contributed by atoms with Crippen LogP contribution in [-0.2, 0) is 0 Å². The number of piperazine rings is 1. The van der Waals surface area contributed by atoms with Gasteiger partial charge in [-0.05, 0) is 44.7 Å². The summed E-state index contributed by atoms with van der Waals surface area (Å²) in [6.07, 6.45) is 4.72. The maximum atomic E-state index is 9.37. The Morgan fingerprint density at radius 3 is 2.28 bits per heavy atom. The number of hydrogen-bond acceptors (Lipinski definition) is 4. The lowest BCUT2D eigenvalue weighted by Crippen LogP contribution is -2.55. The van der Waals surface area contributed by atoms with Gasteiger partial charge in [-0.25, -0.2) is 0 Å². The fourth-order valence-corrected chi connectivity index (χ4v) is 3.60. The van der Waals surface area contributed by atoms with Crippen LogP contribution in [0.3, 0.4) is 0 Å². The molecule has 2 N–H and O–H groups in total. The third-order valence-corrected chi connectivity index (χ3v) is 4.99. The molecular formula is C14H27N3O. The molecule has 0 aromatic heterocycles. The highest BCUT2D eigenvalue weighted by Gasteiger charge is 2.33. The highest BCUT2D eigenvalue weighted by Crippen LogP contribution is 2.26. The van der Waals surface area contributed by atoms with Crippen LogP contribution >= 0.6 is 0 Å². The van der Waals surface area contributed by atoms with E-state index in [4.69, 9.17) is 0 Å². The number of piperidine rings is 1. The summed E-state index contributed by atoms with van der Waals surface area (Å²) in [6, 6.07) is 0.682. The van der Waals surface area contributed by atoms with Crippen molar-refractivity contribution in [3.8, 4) is 0 Å². The minimum Gasteiger partial charge on any atom is -0.393 e. The molecule has 2 saturated heterocycles. The zero-order valence-corrected chi connectivity index (χ0v) is 11.4. The van der Waals surface area contributed by atoms with E-state index in [0.717, 1.165) is 18.8 Å². The number of rotatable bonds is 3. The fourth-order valence-electron chi connectivity index (χ4n) is 3.60. The van der Waals surface area contributed by atoms with Crippen LogP contribution in [0.5, 0.6) is 0 Å². The summed E-state index contributed by atoms with van der Waals surface area (Å²) < 4.78 is 0. The lowest BCUT2D eigenvalue weighted by Gasteiger charge is -2.45. The number of nitrogens with one attached hydrogen (secondary N) is 1. The quantitative estimate of drug-likeness (QED) is 0.750. The standard InChI is InChI=1S/C14H27N3O/c18-14-9-13(10-14)17-7-5-16(6-8-17)11-12-1-3-15-4-2-12/h12-15,18H,1-11H2/t13-,14-. The Bertz CT molecular complexity index is 254. The van der Waals surface area contributed by atoms with Crippen LogP contribution < -0.4 is 5.32 Å². The molecule has 104 valence electrons. The Morgan fingerprint density at radius 1 is 1.00 bits per heavy atom. The third-order valence-electron chi connectivity index (χ3n) is 4.99. The molecule has 0 radical (unpaired) electrons. The molecule has 4 nitrogen and oxygen atoms in total. The summed E-state index contributed by atoms with van der Waals surface area (Å²) >= 11 is 0. The number of hydrogen-bond donors (Lipinski definition) is 2. The van der Waals surface area contributed by atoms with Crippen molar-refractivity contribution in [1.29, 1.82) is 0 Å². The molecule has 0 unspecified atom stereocenters. The number of nitrogens with zero attached hydrogens (tertiary/aromatic N) is 2. The highest BCUT2D eigenvalue weighted by molar-refractivity contribution is 4.89. The van der Waals surface area contributed by atoms with Gasteiger partial charge >= 0.3 is 0 Å². The summed E-state index contributed by atoms with van der Waals surface area (Å²) in [5, 5.41) is 12.8. The van der Waals surface area contributed by atoms with Crippen molar-refractivity contribution in [2.24, 2.45) is 5.92 Å². The van der Waals surface area contributed by atoms with Crippen molar-refractivity contribution in [2.45, 2.75) is 37.8 Å². The van der Waals surface area contributed by atoms with Crippen molar-refractivity contribution in [3.63, 3.8) is 0 Å². The first-order chi connectivity index (χ1) is 8.81. The van der Waals surface area contributed by atoms with E-state index in [9.17, 15) is 5.11 Å². The van der Waals surface area contributed by atoms with E-state index in [1.165, 1.54) is 58.7 Å². The normalized spacial score (nSPS) is 36.5. The molecule has 2 heterocycles. The van der Waals surface area contributed by atoms with Crippen molar-refractivity contribution in [1.82, 2.24) is 15.1 Å². The zero-order chi connectivity index (χ0) is 12.4. The SMILES string of the molecule is O[C@H]1C[C@H](N2CCN(CC3CCNCC3)CC2)C1. The van der Waals surface area contributed by atoms with Gasteiger partial charge in [-0.1, -0.05) is 0 Å². The largest absolute Gasteiger partial charge is 0.393 e. The Labute approximate surface area is 110 Å². The minimum absolute atomic E-state index is 0.0113. The fraction of sp³-hybridized carbons (Fsp3) is 1.00. The molecule has 0 spiro atoms. The zero-order valence-electron chi connectivity index (χ0n) is 11.4. The topological polar surface area (TPSA) is 38.7 Å². The van der Waals surface area contributed by atoms with Gasteiger partial charge in [0.25, 0.3) is 0 Å². The van der Waals surface area contributed by atoms with Crippen LogP contribution in [0, 0.1) is 5.92 Å². The molecule has 0 amide bonds. The van der Waals surface area contributed by atoms with Crippen molar-refractivity contribution in [3.05, 3.63) is 0 Å². The summed E-state index contributed by atoms with van der Waals surface area (Å²) in [5.74, 6) is 0.920. The van der Waals surface area contributed by atoms with Gasteiger partial charge in [0, 0.05) is 38.8 Å². The second kappa shape index (κ2) is 5.87. The first-order valence-electron chi connectivity index (χ1n) is 7.66. The number of aliphatic hydroxyl groups is 1. The van der Waals surface area contributed by atoms with E-state index in [1.54, 1.807) is 0 Å². The lowest BCUT2D eigenvalue weighted by atomic mass is 9.87. The molecule has 4 heteroatoms. The molecule has 3 aliphatic rings. The van der Waals surface area contributed by atoms with E-state index < -0.39 is 0 Å². The van der Waals surface area contributed by atoms with E-state index >= 15 is 0 Å². The average molecular weight is 253 g/mol. The average Bonchev–Trinajstić information content (AvgIpc) is 2.38. The van der Waals surface area contributed by atoms with E-state index in [2.05, 4.69) is 15.1 Å². The predicted octanol–water partition coefficient (Wildman–Crippen LogP) is 0.127. The highest BCUT2D eigenvalue weighted by atomic mass is 16.3. The summed E-state index contributed by atoms with van der Waals surface area (Å²) in [5.41, 5.74) is 0. The van der Waals surface area contributed by atoms with Gasteiger partial charge in [-0.15, -0.1) is 0 Å². The van der Waals surface area contributed by atoms with Gasteiger partial charge < -0.3 is 15.3 Å². The minimum atomic E-state index is -0.0113. The molecule has 1 saturated carbocycles. The second-order valence-corrected chi connectivity index (χ2v) is 6.31. The molecule has 3 fully saturated rings. The molecule has 0 bridgehead atoms. The van der Waals surface area contributed by atoms with Crippen molar-refractivity contribution < 1.29 is 5.11 Å². The van der Waals surface area contributed by atoms with E-state index in [1.807, 2.05) is 0 Å². The Balaban J connectivity index is 1.37. The van der Waals surface area contributed by atoms with Crippen LogP contribution in [-0.4, -0.2) is 72.9 Å². The second-order valence-electron chi connectivity index (χ2n) is 6.31. The summed E-state index contributed by atoms with van der Waals surface area (Å²) in [6.45, 7) is 8.62. The third kappa shape index (κ3) is 3.05. The Kier molecular flexibility index (Phi) is 4.19. The van der Waals surface area contributed by atoms with Gasteiger partial charge in [-0.2, -0.15) is 0 Å². The summed E-state index contributed by atoms with van der Waals surface area (Å²) in [4.78, 5) is 5.24. The van der Waals surface area contributed by atoms with E-state index in [0.29, 0.717) is 6.04 Å². The molecule has 2 aliphatic heterocycles. The Morgan fingerprint density at radius 2 is 1.67 bits per heavy atom. The molecule has 1 aliphatic carbocycles. The first kappa shape index (κ1) is 12.9. The number of aliphatic hydroxyl groups excluding tert-OH is 1. The molecular weight excluding hydrogens is 226 g/mol. The van der Waals surface area contributed by atoms with Gasteiger partial charge in [0.05, 0.1) is 6.10 Å². The van der Waals surface area contributed by atoms with Crippen LogP contribution in [0.25, 0.3) is 0 Å². The van der Waals surface area contributed by atoms with Gasteiger partial charge in [-0.3, -0.25) is 4.90 Å². The van der Waals surface area contributed by atoms with Crippen molar-refractivity contribution >= 4 is 0 Å². The molecule has 18 heavy (non-hydrogen) atoms. The van der Waals surface area contributed by atoms with Crippen molar-refractivity contribution in [2.75, 3.05) is 45.8 Å². The Hall–Kier alpha value is -0.160. The summed E-state index contributed by atoms with van der Waals surface area (Å²) in [7, 11) is 0. The monoisotopic (exact) mass is 253 g/mol. The smallest absolute Gasteiger partial charge is 0.0570 e. The maximum absolute atomic E-state index is 9.37. The first-order valence-corrected chi connectivity index (χ1v) is 7.66. The molecule has 0 aromatic carbocycles. The molecule has 0 aromatic rings. The van der Waals surface area contributed by atoms with E-state index in [-0.39, 0.29) is 6.10 Å². The predicted molar refractivity (Wildman–Crippen MR) is 72.6 cm³/mol. The molecule has 0 atom stereocenters. The lowest BCUT2D eigenvalue weighted by molar-refractivity contribution is -0.0196. The van der Waals surface area contributed by atoms with Gasteiger partial charge in [0.1, 0.15) is 0 Å². The van der Waals surface area contributed by atoms with Crippen LogP contribution in [0.2, 0.25) is 0 Å². The van der Waals surface area contributed by atoms with Crippen LogP contribution in [0.15, 0.2) is 0 Å².